The van der Waals surface area contributed by atoms with Gasteiger partial charge in [-0.1, -0.05) is 23.8 Å². The van der Waals surface area contributed by atoms with E-state index < -0.39 is 10.0 Å². The molecule has 0 spiro atoms. The Kier molecular flexibility index (Phi) is 9.19. The zero-order chi connectivity index (χ0) is 25.6. The Balaban J connectivity index is 1.44. The van der Waals surface area contributed by atoms with Gasteiger partial charge >= 0.3 is 0 Å². The molecule has 0 bridgehead atoms. The van der Waals surface area contributed by atoms with Crippen LogP contribution in [0.25, 0.3) is 0 Å². The highest BCUT2D eigenvalue weighted by atomic mass is 32.2. The van der Waals surface area contributed by atoms with Crippen molar-refractivity contribution in [2.24, 2.45) is 11.8 Å². The van der Waals surface area contributed by atoms with E-state index in [1.165, 1.54) is 0 Å². The summed E-state index contributed by atoms with van der Waals surface area (Å²) < 4.78 is 39.3. The van der Waals surface area contributed by atoms with Crippen molar-refractivity contribution in [3.63, 3.8) is 0 Å². The van der Waals surface area contributed by atoms with Crippen LogP contribution in [-0.2, 0) is 21.2 Å². The first-order chi connectivity index (χ1) is 16.6. The van der Waals surface area contributed by atoms with Crippen molar-refractivity contribution in [2.45, 2.75) is 57.8 Å². The molecule has 8 heteroatoms. The van der Waals surface area contributed by atoms with Crippen LogP contribution in [0.2, 0.25) is 0 Å². The molecule has 0 atom stereocenters. The van der Waals surface area contributed by atoms with Crippen LogP contribution in [0.3, 0.4) is 0 Å². The summed E-state index contributed by atoms with van der Waals surface area (Å²) >= 11 is 0. The summed E-state index contributed by atoms with van der Waals surface area (Å²) in [6.07, 6.45) is 3.93. The van der Waals surface area contributed by atoms with Gasteiger partial charge in [0.1, 0.15) is 0 Å². The molecule has 35 heavy (non-hydrogen) atoms. The van der Waals surface area contributed by atoms with E-state index in [0.29, 0.717) is 35.9 Å². The molecule has 1 amide bonds. The van der Waals surface area contributed by atoms with Crippen molar-refractivity contribution >= 4 is 15.9 Å². The number of benzene rings is 2. The Morgan fingerprint density at radius 3 is 2.17 bits per heavy atom. The second-order valence-electron chi connectivity index (χ2n) is 9.53. The van der Waals surface area contributed by atoms with Gasteiger partial charge in [0.05, 0.1) is 19.1 Å². The minimum absolute atomic E-state index is 0.0187. The van der Waals surface area contributed by atoms with Crippen molar-refractivity contribution in [1.29, 1.82) is 0 Å². The molecule has 0 aliphatic heterocycles. The fraction of sp³-hybridized carbons (Fsp3) is 0.519. The summed E-state index contributed by atoms with van der Waals surface area (Å²) in [4.78, 5) is 13.0. The lowest BCUT2D eigenvalue weighted by Gasteiger charge is -2.28. The van der Waals surface area contributed by atoms with Gasteiger partial charge in [0.2, 0.25) is 15.9 Å². The Morgan fingerprint density at radius 1 is 0.943 bits per heavy atom. The molecule has 1 saturated carbocycles. The topological polar surface area (TPSA) is 93.7 Å². The molecule has 2 N–H and O–H groups in total. The van der Waals surface area contributed by atoms with Gasteiger partial charge in [0.25, 0.3) is 0 Å². The number of rotatable bonds is 10. The molecule has 2 aromatic rings. The van der Waals surface area contributed by atoms with Gasteiger partial charge < -0.3 is 14.8 Å². The molecule has 1 aliphatic carbocycles. The molecule has 192 valence electrons. The minimum Gasteiger partial charge on any atom is -0.493 e. The highest BCUT2D eigenvalue weighted by Crippen LogP contribution is 2.30. The first-order valence-electron chi connectivity index (χ1n) is 12.2. The van der Waals surface area contributed by atoms with E-state index in [-0.39, 0.29) is 17.7 Å². The van der Waals surface area contributed by atoms with Gasteiger partial charge in [-0.25, -0.2) is 13.1 Å². The third kappa shape index (κ3) is 6.98. The van der Waals surface area contributed by atoms with Crippen LogP contribution in [0.1, 0.15) is 47.9 Å². The molecule has 0 radical (unpaired) electrons. The second-order valence-corrected chi connectivity index (χ2v) is 11.2. The molecule has 0 aromatic heterocycles. The Morgan fingerprint density at radius 2 is 1.57 bits per heavy atom. The zero-order valence-electron chi connectivity index (χ0n) is 21.4. The molecule has 1 aliphatic rings. The number of amides is 1. The number of aryl methyl sites for hydroxylation is 3. The number of hydrogen-bond acceptors (Lipinski definition) is 5. The van der Waals surface area contributed by atoms with Crippen LogP contribution < -0.4 is 19.5 Å². The van der Waals surface area contributed by atoms with E-state index >= 15 is 0 Å². The van der Waals surface area contributed by atoms with E-state index in [9.17, 15) is 13.2 Å². The van der Waals surface area contributed by atoms with Crippen molar-refractivity contribution in [1.82, 2.24) is 10.0 Å². The summed E-state index contributed by atoms with van der Waals surface area (Å²) in [7, 11) is -0.351. The molecule has 7 nitrogen and oxygen atoms in total. The van der Waals surface area contributed by atoms with Crippen LogP contribution in [0.5, 0.6) is 11.5 Å². The molecule has 3 rings (SSSR count). The molecule has 0 saturated heterocycles. The van der Waals surface area contributed by atoms with Crippen LogP contribution in [0.4, 0.5) is 0 Å². The van der Waals surface area contributed by atoms with Gasteiger partial charge in [0, 0.05) is 19.0 Å². The smallest absolute Gasteiger partial charge is 0.241 e. The zero-order valence-corrected chi connectivity index (χ0v) is 22.3. The SMILES string of the molecule is COc1ccc(CCNC(=O)C2CCC(CNS(=O)(=O)c3c(C)cc(C)cc3C)CC2)cc1OC. The highest BCUT2D eigenvalue weighted by Gasteiger charge is 2.28. The number of nitrogens with one attached hydrogen (secondary N) is 2. The summed E-state index contributed by atoms with van der Waals surface area (Å²) in [5.74, 6) is 1.67. The monoisotopic (exact) mass is 502 g/mol. The molecule has 2 aromatic carbocycles. The maximum Gasteiger partial charge on any atom is 0.241 e. The summed E-state index contributed by atoms with van der Waals surface area (Å²) in [6.45, 7) is 6.60. The predicted molar refractivity (Wildman–Crippen MR) is 138 cm³/mol. The number of methoxy groups -OCH3 is 2. The van der Waals surface area contributed by atoms with E-state index in [0.717, 1.165) is 47.9 Å². The predicted octanol–water partition coefficient (Wildman–Crippen LogP) is 4.07. The number of carbonyl (C=O) groups excluding carboxylic acids is 1. The minimum atomic E-state index is -3.56. The van der Waals surface area contributed by atoms with Crippen molar-refractivity contribution in [3.05, 3.63) is 52.6 Å². The Bertz CT molecular complexity index is 1120. The number of carbonyl (C=O) groups is 1. The Hall–Kier alpha value is -2.58. The van der Waals surface area contributed by atoms with Gasteiger partial charge in [-0.3, -0.25) is 4.79 Å². The highest BCUT2D eigenvalue weighted by molar-refractivity contribution is 7.89. The van der Waals surface area contributed by atoms with Gasteiger partial charge in [0.15, 0.2) is 11.5 Å². The summed E-state index contributed by atoms with van der Waals surface area (Å²) in [6, 6.07) is 9.57. The lowest BCUT2D eigenvalue weighted by Crippen LogP contribution is -2.37. The van der Waals surface area contributed by atoms with Crippen molar-refractivity contribution in [2.75, 3.05) is 27.3 Å². The Labute approximate surface area is 209 Å². The average molecular weight is 503 g/mol. The molecule has 1 fully saturated rings. The number of sulfonamides is 1. The van der Waals surface area contributed by atoms with Crippen LogP contribution in [-0.4, -0.2) is 41.6 Å². The van der Waals surface area contributed by atoms with Gasteiger partial charge in [-0.05, 0) is 87.6 Å². The second kappa shape index (κ2) is 11.9. The standard InChI is InChI=1S/C27H38N2O5S/c1-18-14-19(2)26(20(3)15-18)35(31,32)29-17-22-6-9-23(10-7-22)27(30)28-13-12-21-8-11-24(33-4)25(16-21)34-5/h8,11,14-16,22-23,29H,6-7,9-10,12-13,17H2,1-5H3,(H,28,30). The average Bonchev–Trinajstić information content (AvgIpc) is 2.82. The number of ether oxygens (including phenoxy) is 2. The van der Waals surface area contributed by atoms with Crippen molar-refractivity contribution < 1.29 is 22.7 Å². The summed E-state index contributed by atoms with van der Waals surface area (Å²) in [5.41, 5.74) is 3.66. The normalized spacial score (nSPS) is 18.2. The van der Waals surface area contributed by atoms with E-state index in [1.807, 2.05) is 51.1 Å². The maximum absolute atomic E-state index is 12.9. The molecular weight excluding hydrogens is 464 g/mol. The van der Waals surface area contributed by atoms with E-state index in [2.05, 4.69) is 10.0 Å². The fourth-order valence-electron chi connectivity index (χ4n) is 5.03. The van der Waals surface area contributed by atoms with Crippen LogP contribution in [0, 0.1) is 32.6 Å². The third-order valence-electron chi connectivity index (χ3n) is 6.81. The first kappa shape index (κ1) is 27.0. The molecule has 0 unspecified atom stereocenters. The van der Waals surface area contributed by atoms with Crippen LogP contribution in [0.15, 0.2) is 35.2 Å². The van der Waals surface area contributed by atoms with E-state index in [4.69, 9.17) is 9.47 Å². The quantitative estimate of drug-likeness (QED) is 0.511. The number of hydrogen-bond donors (Lipinski definition) is 2. The maximum atomic E-state index is 12.9. The van der Waals surface area contributed by atoms with Crippen molar-refractivity contribution in [3.8, 4) is 11.5 Å². The first-order valence-corrected chi connectivity index (χ1v) is 13.7. The molecular formula is C27H38N2O5S. The van der Waals surface area contributed by atoms with E-state index in [1.54, 1.807) is 14.2 Å². The largest absolute Gasteiger partial charge is 0.493 e. The summed E-state index contributed by atoms with van der Waals surface area (Å²) in [5, 5.41) is 3.05. The lowest BCUT2D eigenvalue weighted by molar-refractivity contribution is -0.126. The third-order valence-corrected chi connectivity index (χ3v) is 8.54. The van der Waals surface area contributed by atoms with Crippen LogP contribution >= 0.6 is 0 Å². The van der Waals surface area contributed by atoms with Gasteiger partial charge in [-0.2, -0.15) is 0 Å². The lowest BCUT2D eigenvalue weighted by atomic mass is 9.81. The fourth-order valence-corrected chi connectivity index (χ4v) is 6.59. The van der Waals surface area contributed by atoms with Gasteiger partial charge in [-0.15, -0.1) is 0 Å². The molecule has 0 heterocycles.